The molecule has 0 N–H and O–H groups in total. The van der Waals surface area contributed by atoms with Crippen molar-refractivity contribution in [3.63, 3.8) is 0 Å². The lowest BCUT2D eigenvalue weighted by atomic mass is 10.4. The van der Waals surface area contributed by atoms with Crippen LogP contribution < -0.4 is 5.19 Å². The minimum Gasteiger partial charge on any atom is -0.130 e. The van der Waals surface area contributed by atoms with Gasteiger partial charge in [-0.2, -0.15) is 0 Å². The van der Waals surface area contributed by atoms with Crippen molar-refractivity contribution in [3.05, 3.63) is 30.3 Å². The average molecular weight is 199 g/mol. The molecular formula is C10H15ClSi. The van der Waals surface area contributed by atoms with Gasteiger partial charge in [0.25, 0.3) is 0 Å². The highest BCUT2D eigenvalue weighted by molar-refractivity contribution is 6.94. The first kappa shape index (κ1) is 9.81. The summed E-state index contributed by atoms with van der Waals surface area (Å²) in [6.07, 6.45) is 0. The molecule has 66 valence electrons. The summed E-state index contributed by atoms with van der Waals surface area (Å²) >= 11 is 6.01. The van der Waals surface area contributed by atoms with E-state index in [9.17, 15) is 0 Å². The SMILES string of the molecule is CC[Si](C)(CCl)c1ccccc1. The van der Waals surface area contributed by atoms with Gasteiger partial charge >= 0.3 is 0 Å². The molecule has 0 aliphatic carbocycles. The highest BCUT2D eigenvalue weighted by Crippen LogP contribution is 2.10. The second-order valence-corrected chi connectivity index (χ2v) is 8.89. The molecule has 1 rings (SSSR count). The molecule has 0 saturated carbocycles. The Balaban J connectivity index is 2.95. The van der Waals surface area contributed by atoms with Gasteiger partial charge in [0.15, 0.2) is 0 Å². The van der Waals surface area contributed by atoms with E-state index in [1.807, 2.05) is 0 Å². The summed E-state index contributed by atoms with van der Waals surface area (Å²) in [5, 5.41) is 1.47. The Morgan fingerprint density at radius 3 is 2.25 bits per heavy atom. The highest BCUT2D eigenvalue weighted by atomic mass is 35.5. The minimum absolute atomic E-state index is 0.827. The smallest absolute Gasteiger partial charge is 0.0986 e. The molecule has 0 fully saturated rings. The molecule has 0 amide bonds. The fourth-order valence-electron chi connectivity index (χ4n) is 1.22. The summed E-state index contributed by atoms with van der Waals surface area (Å²) in [4.78, 5) is 0. The topological polar surface area (TPSA) is 0 Å². The zero-order chi connectivity index (χ0) is 9.03. The van der Waals surface area contributed by atoms with Gasteiger partial charge in [-0.05, 0) is 0 Å². The van der Waals surface area contributed by atoms with Crippen LogP contribution in [-0.4, -0.2) is 13.6 Å². The molecule has 0 heterocycles. The van der Waals surface area contributed by atoms with E-state index < -0.39 is 8.07 Å². The van der Waals surface area contributed by atoms with Crippen molar-refractivity contribution in [2.75, 3.05) is 5.50 Å². The molecule has 2 heteroatoms. The number of benzene rings is 1. The van der Waals surface area contributed by atoms with Crippen molar-refractivity contribution in [2.24, 2.45) is 0 Å². The van der Waals surface area contributed by atoms with Crippen LogP contribution in [0.15, 0.2) is 30.3 Å². The molecule has 12 heavy (non-hydrogen) atoms. The molecule has 0 aliphatic rings. The number of rotatable bonds is 3. The summed E-state index contributed by atoms with van der Waals surface area (Å²) in [5.74, 6) is 0. The molecule has 1 aromatic rings. The third-order valence-electron chi connectivity index (χ3n) is 2.55. The van der Waals surface area contributed by atoms with Gasteiger partial charge in [-0.1, -0.05) is 55.0 Å². The molecule has 1 unspecified atom stereocenters. The molecular weight excluding hydrogens is 184 g/mol. The number of alkyl halides is 1. The Bertz CT molecular complexity index is 229. The number of halogens is 1. The Kier molecular flexibility index (Phi) is 3.36. The summed E-state index contributed by atoms with van der Waals surface area (Å²) in [6, 6.07) is 11.9. The monoisotopic (exact) mass is 198 g/mol. The highest BCUT2D eigenvalue weighted by Gasteiger charge is 2.25. The number of hydrogen-bond acceptors (Lipinski definition) is 0. The van der Waals surface area contributed by atoms with Gasteiger partial charge in [0, 0.05) is 5.50 Å². The second kappa shape index (κ2) is 4.10. The lowest BCUT2D eigenvalue weighted by Gasteiger charge is -2.23. The first-order valence-corrected chi connectivity index (χ1v) is 7.79. The van der Waals surface area contributed by atoms with Crippen LogP contribution in [0.1, 0.15) is 6.92 Å². The molecule has 0 radical (unpaired) electrons. The first-order chi connectivity index (χ1) is 5.73. The van der Waals surface area contributed by atoms with E-state index in [4.69, 9.17) is 11.6 Å². The lowest BCUT2D eigenvalue weighted by molar-refractivity contribution is 1.36. The predicted molar refractivity (Wildman–Crippen MR) is 58.9 cm³/mol. The molecule has 0 nitrogen and oxygen atoms in total. The third-order valence-corrected chi connectivity index (χ3v) is 8.19. The standard InChI is InChI=1S/C10H15ClSi/c1-3-12(2,9-11)10-7-5-4-6-8-10/h4-8H,3,9H2,1-2H3. The van der Waals surface area contributed by atoms with Crippen LogP contribution in [-0.2, 0) is 0 Å². The minimum atomic E-state index is -1.31. The van der Waals surface area contributed by atoms with Crippen LogP contribution in [0.3, 0.4) is 0 Å². The normalized spacial score (nSPS) is 15.6. The quantitative estimate of drug-likeness (QED) is 0.518. The molecule has 0 saturated heterocycles. The van der Waals surface area contributed by atoms with E-state index in [2.05, 4.69) is 43.8 Å². The van der Waals surface area contributed by atoms with Gasteiger partial charge < -0.3 is 0 Å². The molecule has 1 aromatic carbocycles. The van der Waals surface area contributed by atoms with E-state index in [1.165, 1.54) is 11.2 Å². The van der Waals surface area contributed by atoms with Gasteiger partial charge in [-0.25, -0.2) is 0 Å². The van der Waals surface area contributed by atoms with Crippen molar-refractivity contribution in [1.29, 1.82) is 0 Å². The van der Waals surface area contributed by atoms with Crippen molar-refractivity contribution >= 4 is 24.9 Å². The van der Waals surface area contributed by atoms with Gasteiger partial charge in [-0.3, -0.25) is 0 Å². The zero-order valence-corrected chi connectivity index (χ0v) is 9.43. The van der Waals surface area contributed by atoms with Gasteiger partial charge in [0.2, 0.25) is 0 Å². The number of hydrogen-bond donors (Lipinski definition) is 0. The Morgan fingerprint density at radius 1 is 1.25 bits per heavy atom. The van der Waals surface area contributed by atoms with Crippen molar-refractivity contribution in [1.82, 2.24) is 0 Å². The van der Waals surface area contributed by atoms with E-state index in [0.29, 0.717) is 0 Å². The van der Waals surface area contributed by atoms with Crippen LogP contribution in [0, 0.1) is 0 Å². The fraction of sp³-hybridized carbons (Fsp3) is 0.400. The summed E-state index contributed by atoms with van der Waals surface area (Å²) in [6.45, 7) is 4.58. The maximum Gasteiger partial charge on any atom is 0.0986 e. The van der Waals surface area contributed by atoms with Crippen LogP contribution in [0.5, 0.6) is 0 Å². The first-order valence-electron chi connectivity index (χ1n) is 4.34. The molecule has 1 atom stereocenters. The van der Waals surface area contributed by atoms with Crippen molar-refractivity contribution in [3.8, 4) is 0 Å². The van der Waals surface area contributed by atoms with Crippen molar-refractivity contribution < 1.29 is 0 Å². The maximum absolute atomic E-state index is 6.01. The van der Waals surface area contributed by atoms with Crippen LogP contribution in [0.4, 0.5) is 0 Å². The van der Waals surface area contributed by atoms with E-state index >= 15 is 0 Å². The van der Waals surface area contributed by atoms with Crippen LogP contribution in [0.25, 0.3) is 0 Å². The van der Waals surface area contributed by atoms with Crippen LogP contribution in [0.2, 0.25) is 12.6 Å². The average Bonchev–Trinajstić information content (AvgIpc) is 2.18. The van der Waals surface area contributed by atoms with Gasteiger partial charge in [0.1, 0.15) is 0 Å². The maximum atomic E-state index is 6.01. The molecule has 0 aliphatic heterocycles. The summed E-state index contributed by atoms with van der Waals surface area (Å²) < 4.78 is 0. The zero-order valence-electron chi connectivity index (χ0n) is 7.68. The fourth-order valence-corrected chi connectivity index (χ4v) is 3.99. The third kappa shape index (κ3) is 1.90. The van der Waals surface area contributed by atoms with E-state index in [-0.39, 0.29) is 0 Å². The van der Waals surface area contributed by atoms with Gasteiger partial charge in [-0.15, -0.1) is 11.6 Å². The second-order valence-electron chi connectivity index (χ2n) is 3.41. The van der Waals surface area contributed by atoms with E-state index in [0.717, 1.165) is 5.50 Å². The Hall–Kier alpha value is -0.273. The Morgan fingerprint density at radius 2 is 1.83 bits per heavy atom. The molecule has 0 aromatic heterocycles. The van der Waals surface area contributed by atoms with E-state index in [1.54, 1.807) is 0 Å². The predicted octanol–water partition coefficient (Wildman–Crippen LogP) is 2.77. The molecule has 0 bridgehead atoms. The summed E-state index contributed by atoms with van der Waals surface area (Å²) in [5.41, 5.74) is 0.827. The largest absolute Gasteiger partial charge is 0.130 e. The van der Waals surface area contributed by atoms with Crippen molar-refractivity contribution in [2.45, 2.75) is 19.5 Å². The van der Waals surface area contributed by atoms with Crippen LogP contribution >= 0.6 is 11.6 Å². The van der Waals surface area contributed by atoms with Gasteiger partial charge in [0.05, 0.1) is 8.07 Å². The Labute approximate surface area is 80.6 Å². The molecule has 0 spiro atoms. The summed E-state index contributed by atoms with van der Waals surface area (Å²) in [7, 11) is -1.31. The lowest BCUT2D eigenvalue weighted by Crippen LogP contribution is -2.46.